The molecule has 0 unspecified atom stereocenters. The third-order valence-corrected chi connectivity index (χ3v) is 3.65. The third-order valence-electron chi connectivity index (χ3n) is 3.65. The van der Waals surface area contributed by atoms with E-state index in [1.807, 2.05) is 48.1 Å². The second kappa shape index (κ2) is 8.62. The largest absolute Gasteiger partial charge is 0.494 e. The predicted molar refractivity (Wildman–Crippen MR) is 100 cm³/mol. The quantitative estimate of drug-likeness (QED) is 0.527. The van der Waals surface area contributed by atoms with Gasteiger partial charge in [-0.05, 0) is 36.8 Å². The van der Waals surface area contributed by atoms with E-state index in [0.717, 1.165) is 11.3 Å². The lowest BCUT2D eigenvalue weighted by Crippen LogP contribution is -2.17. The number of rotatable bonds is 7. The first-order chi connectivity index (χ1) is 12.7. The topological polar surface area (TPSA) is 68.5 Å². The van der Waals surface area contributed by atoms with Crippen LogP contribution in [0.25, 0.3) is 0 Å². The molecule has 0 saturated carbocycles. The van der Waals surface area contributed by atoms with Crippen LogP contribution in [0, 0.1) is 0 Å². The van der Waals surface area contributed by atoms with E-state index >= 15 is 0 Å². The fraction of sp³-hybridized carbons (Fsp3) is 0.150. The number of benzene rings is 2. The smallest absolute Gasteiger partial charge is 0.271 e. The molecule has 3 rings (SSSR count). The predicted octanol–water partition coefficient (Wildman–Crippen LogP) is 3.09. The van der Waals surface area contributed by atoms with Gasteiger partial charge in [-0.3, -0.25) is 9.48 Å². The van der Waals surface area contributed by atoms with Crippen LogP contribution in [-0.4, -0.2) is 28.5 Å². The average Bonchev–Trinajstić information content (AvgIpc) is 3.10. The number of ether oxygens (including phenoxy) is 1. The Morgan fingerprint density at radius 1 is 1.19 bits per heavy atom. The highest BCUT2D eigenvalue weighted by atomic mass is 16.5. The number of hydrazone groups is 1. The molecule has 3 aromatic rings. The number of hydrogen-bond donors (Lipinski definition) is 1. The Bertz CT molecular complexity index is 870. The molecular weight excluding hydrogens is 328 g/mol. The molecule has 1 amide bonds. The Balaban J connectivity index is 1.54. The Morgan fingerprint density at radius 3 is 2.69 bits per heavy atom. The van der Waals surface area contributed by atoms with Crippen LogP contribution in [-0.2, 0) is 6.54 Å². The molecule has 2 aromatic carbocycles. The first kappa shape index (κ1) is 17.4. The lowest BCUT2D eigenvalue weighted by Gasteiger charge is -2.03. The zero-order chi connectivity index (χ0) is 18.2. The minimum Gasteiger partial charge on any atom is -0.494 e. The maximum atomic E-state index is 12.1. The summed E-state index contributed by atoms with van der Waals surface area (Å²) in [5, 5.41) is 8.28. The van der Waals surface area contributed by atoms with Crippen LogP contribution < -0.4 is 10.2 Å². The van der Waals surface area contributed by atoms with Gasteiger partial charge in [0.1, 0.15) is 5.75 Å². The molecule has 0 aliphatic carbocycles. The molecule has 0 bridgehead atoms. The van der Waals surface area contributed by atoms with Crippen LogP contribution in [0.15, 0.2) is 72.1 Å². The fourth-order valence-electron chi connectivity index (χ4n) is 2.40. The van der Waals surface area contributed by atoms with Crippen LogP contribution >= 0.6 is 0 Å². The molecule has 1 aromatic heterocycles. The lowest BCUT2D eigenvalue weighted by molar-refractivity contribution is 0.0955. The number of amides is 1. The third kappa shape index (κ3) is 4.80. The molecule has 26 heavy (non-hydrogen) atoms. The van der Waals surface area contributed by atoms with Gasteiger partial charge in [0, 0.05) is 17.3 Å². The normalized spacial score (nSPS) is 10.8. The summed E-state index contributed by atoms with van der Waals surface area (Å²) in [6.45, 7) is 3.19. The summed E-state index contributed by atoms with van der Waals surface area (Å²) in [5.74, 6) is 0.458. The Hall–Kier alpha value is -3.41. The van der Waals surface area contributed by atoms with Gasteiger partial charge in [0.25, 0.3) is 5.91 Å². The van der Waals surface area contributed by atoms with Crippen molar-refractivity contribution in [2.75, 3.05) is 6.61 Å². The fourth-order valence-corrected chi connectivity index (χ4v) is 2.40. The maximum Gasteiger partial charge on any atom is 0.271 e. The van der Waals surface area contributed by atoms with E-state index in [0.29, 0.717) is 18.7 Å². The van der Waals surface area contributed by atoms with Crippen molar-refractivity contribution in [2.45, 2.75) is 13.5 Å². The Morgan fingerprint density at radius 2 is 1.96 bits per heavy atom. The summed E-state index contributed by atoms with van der Waals surface area (Å²) in [7, 11) is 0. The maximum absolute atomic E-state index is 12.1. The van der Waals surface area contributed by atoms with Crippen LogP contribution in [0.2, 0.25) is 0 Å². The number of carbonyl (C=O) groups is 1. The van der Waals surface area contributed by atoms with Crippen LogP contribution in [0.4, 0.5) is 0 Å². The molecule has 0 aliphatic rings. The van der Waals surface area contributed by atoms with Crippen molar-refractivity contribution >= 4 is 12.1 Å². The van der Waals surface area contributed by atoms with Gasteiger partial charge in [-0.15, -0.1) is 0 Å². The van der Waals surface area contributed by atoms with E-state index in [1.165, 1.54) is 5.56 Å². The molecule has 132 valence electrons. The molecule has 0 aliphatic heterocycles. The number of aromatic nitrogens is 2. The highest BCUT2D eigenvalue weighted by Gasteiger charge is 2.04. The molecule has 6 nitrogen and oxygen atoms in total. The van der Waals surface area contributed by atoms with Crippen molar-refractivity contribution in [3.8, 4) is 5.75 Å². The highest BCUT2D eigenvalue weighted by molar-refractivity contribution is 5.94. The molecule has 6 heteroatoms. The standard InChI is InChI=1S/C20H20N4O2/c1-2-26-19-10-8-18(9-11-19)20(25)23-21-12-17-13-22-24(15-17)14-16-6-4-3-5-7-16/h3-13,15H,2,14H2,1H3,(H,23,25)/b21-12-. The molecule has 1 N–H and O–H groups in total. The van der Waals surface area contributed by atoms with E-state index in [-0.39, 0.29) is 5.91 Å². The molecule has 0 fully saturated rings. The van der Waals surface area contributed by atoms with Gasteiger partial charge in [0.15, 0.2) is 0 Å². The van der Waals surface area contributed by atoms with Crippen molar-refractivity contribution in [3.63, 3.8) is 0 Å². The molecular formula is C20H20N4O2. The van der Waals surface area contributed by atoms with Gasteiger partial charge in [-0.1, -0.05) is 30.3 Å². The summed E-state index contributed by atoms with van der Waals surface area (Å²) in [4.78, 5) is 12.1. The summed E-state index contributed by atoms with van der Waals surface area (Å²) >= 11 is 0. The van der Waals surface area contributed by atoms with Gasteiger partial charge in [-0.25, -0.2) is 5.43 Å². The first-order valence-electron chi connectivity index (χ1n) is 8.37. The first-order valence-corrected chi connectivity index (χ1v) is 8.37. The van der Waals surface area contributed by atoms with E-state index in [9.17, 15) is 4.79 Å². The van der Waals surface area contributed by atoms with Gasteiger partial charge >= 0.3 is 0 Å². The summed E-state index contributed by atoms with van der Waals surface area (Å²) in [6, 6.07) is 17.0. The van der Waals surface area contributed by atoms with Gasteiger partial charge in [0.2, 0.25) is 0 Å². The van der Waals surface area contributed by atoms with Crippen molar-refractivity contribution in [3.05, 3.63) is 83.7 Å². The van der Waals surface area contributed by atoms with Crippen LogP contribution in [0.3, 0.4) is 0 Å². The van der Waals surface area contributed by atoms with E-state index in [2.05, 4.69) is 15.6 Å². The second-order valence-electron chi connectivity index (χ2n) is 5.61. The van der Waals surface area contributed by atoms with Crippen LogP contribution in [0.1, 0.15) is 28.4 Å². The van der Waals surface area contributed by atoms with Crippen molar-refractivity contribution in [1.82, 2.24) is 15.2 Å². The van der Waals surface area contributed by atoms with E-state index in [4.69, 9.17) is 4.74 Å². The van der Waals surface area contributed by atoms with Gasteiger partial charge < -0.3 is 4.74 Å². The number of carbonyl (C=O) groups excluding carboxylic acids is 1. The van der Waals surface area contributed by atoms with Gasteiger partial charge in [-0.2, -0.15) is 10.2 Å². The minimum atomic E-state index is -0.277. The Kier molecular flexibility index (Phi) is 5.77. The number of hydrogen-bond acceptors (Lipinski definition) is 4. The highest BCUT2D eigenvalue weighted by Crippen LogP contribution is 2.11. The number of nitrogens with one attached hydrogen (secondary N) is 1. The monoisotopic (exact) mass is 348 g/mol. The molecule has 0 spiro atoms. The summed E-state index contributed by atoms with van der Waals surface area (Å²) < 4.78 is 7.18. The SMILES string of the molecule is CCOc1ccc(C(=O)N/N=C\c2cnn(Cc3ccccc3)c2)cc1. The summed E-state index contributed by atoms with van der Waals surface area (Å²) in [5.41, 5.74) is 5.01. The van der Waals surface area contributed by atoms with Crippen molar-refractivity contribution in [1.29, 1.82) is 0 Å². The molecule has 0 saturated heterocycles. The van der Waals surface area contributed by atoms with E-state index in [1.54, 1.807) is 36.7 Å². The lowest BCUT2D eigenvalue weighted by atomic mass is 10.2. The molecule has 0 radical (unpaired) electrons. The minimum absolute atomic E-state index is 0.277. The number of nitrogens with zero attached hydrogens (tertiary/aromatic N) is 3. The summed E-state index contributed by atoms with van der Waals surface area (Å²) in [6.07, 6.45) is 5.15. The average molecular weight is 348 g/mol. The van der Waals surface area contributed by atoms with Crippen molar-refractivity contribution < 1.29 is 9.53 Å². The van der Waals surface area contributed by atoms with Gasteiger partial charge in [0.05, 0.1) is 25.6 Å². The van der Waals surface area contributed by atoms with Crippen LogP contribution in [0.5, 0.6) is 5.75 Å². The second-order valence-corrected chi connectivity index (χ2v) is 5.61. The molecule has 0 atom stereocenters. The Labute approximate surface area is 152 Å². The van der Waals surface area contributed by atoms with Crippen molar-refractivity contribution in [2.24, 2.45) is 5.10 Å². The zero-order valence-corrected chi connectivity index (χ0v) is 14.5. The van der Waals surface area contributed by atoms with E-state index < -0.39 is 0 Å². The molecule has 1 heterocycles. The zero-order valence-electron chi connectivity index (χ0n) is 14.5.